The molecule has 45 heavy (non-hydrogen) atoms. The Kier molecular flexibility index (Phi) is 5.22. The monoisotopic (exact) mass is 587 g/mol. The topological polar surface area (TPSA) is 12.9 Å². The molecule has 10 rings (SSSR count). The maximum atomic E-state index is 4.53. The van der Waals surface area contributed by atoms with E-state index in [1.165, 1.54) is 91.1 Å². The summed E-state index contributed by atoms with van der Waals surface area (Å²) in [5.41, 5.74) is 7.31. The van der Waals surface area contributed by atoms with Crippen molar-refractivity contribution in [1.82, 2.24) is 4.98 Å². The Labute approximate surface area is 264 Å². The van der Waals surface area contributed by atoms with Crippen molar-refractivity contribution in [3.8, 4) is 33.4 Å². The summed E-state index contributed by atoms with van der Waals surface area (Å²) in [6.45, 7) is 0. The Bertz CT molecular complexity index is 2750. The van der Waals surface area contributed by atoms with Gasteiger partial charge in [0.05, 0.1) is 0 Å². The van der Waals surface area contributed by atoms with Gasteiger partial charge in [0.1, 0.15) is 0 Å². The molecule has 0 atom stereocenters. The van der Waals surface area contributed by atoms with Gasteiger partial charge in [0, 0.05) is 38.1 Å². The summed E-state index contributed by atoms with van der Waals surface area (Å²) >= 11 is 1.89. The van der Waals surface area contributed by atoms with Crippen molar-refractivity contribution >= 4 is 74.6 Å². The lowest BCUT2D eigenvalue weighted by molar-refractivity contribution is 1.33. The summed E-state index contributed by atoms with van der Waals surface area (Å²) in [5, 5.41) is 12.9. The zero-order valence-electron chi connectivity index (χ0n) is 24.3. The summed E-state index contributed by atoms with van der Waals surface area (Å²) in [5.74, 6) is 0. The molecular weight excluding hydrogens is 563 g/mol. The Morgan fingerprint density at radius 3 is 1.98 bits per heavy atom. The molecule has 0 saturated heterocycles. The minimum absolute atomic E-state index is 1.12. The molecule has 2 heteroatoms. The van der Waals surface area contributed by atoms with Crippen molar-refractivity contribution < 1.29 is 0 Å². The van der Waals surface area contributed by atoms with Crippen molar-refractivity contribution in [2.45, 2.75) is 0 Å². The molecule has 0 fully saturated rings. The van der Waals surface area contributed by atoms with Crippen LogP contribution in [0.15, 0.2) is 152 Å². The fourth-order valence-corrected chi connectivity index (χ4v) is 8.60. The first-order valence-corrected chi connectivity index (χ1v) is 16.2. The number of hydrogen-bond donors (Lipinski definition) is 0. The van der Waals surface area contributed by atoms with Gasteiger partial charge in [-0.15, -0.1) is 11.3 Å². The van der Waals surface area contributed by atoms with Crippen molar-refractivity contribution in [3.05, 3.63) is 152 Å². The van der Waals surface area contributed by atoms with Crippen LogP contribution in [0.1, 0.15) is 0 Å². The van der Waals surface area contributed by atoms with Crippen LogP contribution >= 0.6 is 11.3 Å². The zero-order chi connectivity index (χ0) is 29.5. The van der Waals surface area contributed by atoms with Gasteiger partial charge in [0.2, 0.25) is 0 Å². The SMILES string of the molecule is c1cncc(-c2cc3cc(-c4cc5cccc6sc7cccc4c7c56)ccc3cc2-c2cc3ccccc3c3ccccc23)c1. The molecule has 0 unspecified atom stereocenters. The Morgan fingerprint density at radius 2 is 1.09 bits per heavy atom. The van der Waals surface area contributed by atoms with Crippen LogP contribution in [0.5, 0.6) is 0 Å². The van der Waals surface area contributed by atoms with Gasteiger partial charge in [-0.05, 0) is 119 Å². The van der Waals surface area contributed by atoms with E-state index in [4.69, 9.17) is 0 Å². The van der Waals surface area contributed by atoms with Crippen LogP contribution in [0.25, 0.3) is 96.6 Å². The van der Waals surface area contributed by atoms with Crippen LogP contribution in [0.4, 0.5) is 0 Å². The third-order valence-electron chi connectivity index (χ3n) is 9.46. The number of fused-ring (bicyclic) bond motifs is 4. The second-order valence-electron chi connectivity index (χ2n) is 12.0. The van der Waals surface area contributed by atoms with E-state index in [9.17, 15) is 0 Å². The molecular formula is C43H25NS. The van der Waals surface area contributed by atoms with E-state index in [1.807, 2.05) is 29.8 Å². The van der Waals surface area contributed by atoms with Crippen molar-refractivity contribution in [1.29, 1.82) is 0 Å². The highest BCUT2D eigenvalue weighted by Crippen LogP contribution is 2.46. The van der Waals surface area contributed by atoms with Gasteiger partial charge in [-0.1, -0.05) is 91.0 Å². The maximum Gasteiger partial charge on any atom is 0.0361 e. The number of thiophene rings is 1. The van der Waals surface area contributed by atoms with Crippen LogP contribution in [0.3, 0.4) is 0 Å². The van der Waals surface area contributed by atoms with E-state index in [2.05, 4.69) is 138 Å². The molecule has 0 aliphatic heterocycles. The second-order valence-corrected chi connectivity index (χ2v) is 13.0. The summed E-state index contributed by atoms with van der Waals surface area (Å²) in [6.07, 6.45) is 3.84. The van der Waals surface area contributed by atoms with E-state index < -0.39 is 0 Å². The predicted molar refractivity (Wildman–Crippen MR) is 195 cm³/mol. The molecule has 1 nitrogen and oxygen atoms in total. The highest BCUT2D eigenvalue weighted by molar-refractivity contribution is 7.26. The molecule has 2 aromatic heterocycles. The number of pyridine rings is 1. The molecule has 0 saturated carbocycles. The first-order chi connectivity index (χ1) is 22.3. The molecule has 0 aliphatic rings. The van der Waals surface area contributed by atoms with Crippen LogP contribution in [0.2, 0.25) is 0 Å². The van der Waals surface area contributed by atoms with Gasteiger partial charge in [-0.25, -0.2) is 0 Å². The molecule has 10 aromatic rings. The van der Waals surface area contributed by atoms with Gasteiger partial charge in [0.15, 0.2) is 0 Å². The number of rotatable bonds is 3. The number of nitrogens with zero attached hydrogens (tertiary/aromatic N) is 1. The lowest BCUT2D eigenvalue weighted by Gasteiger charge is -2.17. The van der Waals surface area contributed by atoms with E-state index in [0.717, 1.165) is 5.56 Å². The third kappa shape index (κ3) is 3.70. The lowest BCUT2D eigenvalue weighted by Crippen LogP contribution is -1.91. The van der Waals surface area contributed by atoms with E-state index in [-0.39, 0.29) is 0 Å². The summed E-state index contributed by atoms with van der Waals surface area (Å²) in [6, 6.07) is 51.6. The molecule has 0 amide bonds. The summed E-state index contributed by atoms with van der Waals surface area (Å²) in [7, 11) is 0. The Hall–Kier alpha value is -5.57. The quantitative estimate of drug-likeness (QED) is 0.187. The van der Waals surface area contributed by atoms with Gasteiger partial charge in [0.25, 0.3) is 0 Å². The zero-order valence-corrected chi connectivity index (χ0v) is 25.1. The molecule has 8 aromatic carbocycles. The van der Waals surface area contributed by atoms with Crippen LogP contribution in [0, 0.1) is 0 Å². The van der Waals surface area contributed by atoms with Gasteiger partial charge in [-0.2, -0.15) is 0 Å². The molecule has 0 aliphatic carbocycles. The van der Waals surface area contributed by atoms with E-state index >= 15 is 0 Å². The molecule has 0 spiro atoms. The number of aromatic nitrogens is 1. The highest BCUT2D eigenvalue weighted by Gasteiger charge is 2.18. The van der Waals surface area contributed by atoms with Crippen LogP contribution < -0.4 is 0 Å². The number of benzene rings is 8. The normalized spacial score (nSPS) is 12.0. The van der Waals surface area contributed by atoms with Gasteiger partial charge in [-0.3, -0.25) is 4.98 Å². The molecule has 2 heterocycles. The van der Waals surface area contributed by atoms with Crippen molar-refractivity contribution in [3.63, 3.8) is 0 Å². The standard InChI is InChI=1S/C43H25NS/c1-2-11-32-27(8-1)22-38(34-13-4-3-12-33(32)34)39-21-26-17-18-28(20-31(26)24-37(39)30-10-7-19-44-25-30)36-23-29-9-5-15-40-42(29)43-35(36)14-6-16-41(43)45-40/h1-25H. The van der Waals surface area contributed by atoms with Crippen LogP contribution in [-0.2, 0) is 0 Å². The number of hydrogen-bond acceptors (Lipinski definition) is 2. The van der Waals surface area contributed by atoms with Crippen molar-refractivity contribution in [2.24, 2.45) is 0 Å². The molecule has 0 N–H and O–H groups in total. The fraction of sp³-hybridized carbons (Fsp3) is 0. The molecule has 208 valence electrons. The fourth-order valence-electron chi connectivity index (χ4n) is 7.44. The minimum atomic E-state index is 1.12. The predicted octanol–water partition coefficient (Wildman–Crippen LogP) is 12.5. The Morgan fingerprint density at radius 1 is 0.378 bits per heavy atom. The third-order valence-corrected chi connectivity index (χ3v) is 10.6. The van der Waals surface area contributed by atoms with Crippen molar-refractivity contribution in [2.75, 3.05) is 0 Å². The first-order valence-electron chi connectivity index (χ1n) is 15.4. The highest BCUT2D eigenvalue weighted by atomic mass is 32.1. The molecule has 0 radical (unpaired) electrons. The maximum absolute atomic E-state index is 4.53. The lowest BCUT2D eigenvalue weighted by atomic mass is 9.87. The van der Waals surface area contributed by atoms with E-state index in [0.29, 0.717) is 0 Å². The first kappa shape index (κ1) is 24.8. The van der Waals surface area contributed by atoms with Gasteiger partial charge < -0.3 is 0 Å². The average molecular weight is 588 g/mol. The average Bonchev–Trinajstić information content (AvgIpc) is 3.50. The summed E-state index contributed by atoms with van der Waals surface area (Å²) in [4.78, 5) is 4.53. The Balaban J connectivity index is 1.25. The van der Waals surface area contributed by atoms with Gasteiger partial charge >= 0.3 is 0 Å². The summed E-state index contributed by atoms with van der Waals surface area (Å²) < 4.78 is 2.71. The largest absolute Gasteiger partial charge is 0.264 e. The van der Waals surface area contributed by atoms with E-state index in [1.54, 1.807) is 0 Å². The minimum Gasteiger partial charge on any atom is -0.264 e. The van der Waals surface area contributed by atoms with Crippen LogP contribution in [-0.4, -0.2) is 4.98 Å². The molecule has 0 bridgehead atoms. The smallest absolute Gasteiger partial charge is 0.0361 e. The second kappa shape index (κ2) is 9.46.